The molecule has 4 rings (SSSR count). The lowest BCUT2D eigenvalue weighted by Crippen LogP contribution is -2.37. The molecule has 3 aromatic rings. The van der Waals surface area contributed by atoms with Crippen LogP contribution in [0, 0.1) is 11.3 Å². The molecule has 1 aliphatic heterocycles. The summed E-state index contributed by atoms with van der Waals surface area (Å²) in [6, 6.07) is 20.3. The first-order valence-corrected chi connectivity index (χ1v) is 11.3. The first-order chi connectivity index (χ1) is 14.5. The van der Waals surface area contributed by atoms with Crippen LogP contribution in [0.3, 0.4) is 0 Å². The number of aromatic nitrogens is 1. The number of sulfonamides is 1. The van der Waals surface area contributed by atoms with Crippen molar-refractivity contribution >= 4 is 10.0 Å². The van der Waals surface area contributed by atoms with E-state index in [1.807, 2.05) is 18.2 Å². The zero-order valence-electron chi connectivity index (χ0n) is 16.4. The Kier molecular flexibility index (Phi) is 5.91. The van der Waals surface area contributed by atoms with Crippen molar-refractivity contribution in [3.63, 3.8) is 0 Å². The maximum atomic E-state index is 12.7. The first kappa shape index (κ1) is 20.2. The minimum atomic E-state index is -3.64. The van der Waals surface area contributed by atoms with Crippen LogP contribution in [0.25, 0.3) is 11.1 Å². The van der Waals surface area contributed by atoms with E-state index < -0.39 is 10.0 Å². The highest BCUT2D eigenvalue weighted by atomic mass is 32.2. The van der Waals surface area contributed by atoms with E-state index in [2.05, 4.69) is 38.9 Å². The molecule has 2 aromatic carbocycles. The monoisotopic (exact) mass is 418 g/mol. The van der Waals surface area contributed by atoms with Crippen molar-refractivity contribution in [1.82, 2.24) is 14.6 Å². The van der Waals surface area contributed by atoms with Crippen molar-refractivity contribution < 1.29 is 8.42 Å². The summed E-state index contributed by atoms with van der Waals surface area (Å²) < 4.78 is 28.1. The molecule has 0 amide bonds. The lowest BCUT2D eigenvalue weighted by atomic mass is 10.1. The molecule has 1 saturated heterocycles. The van der Waals surface area contributed by atoms with Crippen LogP contribution in [0.1, 0.15) is 17.5 Å². The van der Waals surface area contributed by atoms with Crippen LogP contribution >= 0.6 is 0 Å². The molecule has 152 valence electrons. The average Bonchev–Trinajstić information content (AvgIpc) is 3.21. The van der Waals surface area contributed by atoms with E-state index in [4.69, 9.17) is 5.26 Å². The average molecular weight is 419 g/mol. The number of nitrogens with zero attached hydrogens (tertiary/aromatic N) is 3. The maximum absolute atomic E-state index is 12.7. The van der Waals surface area contributed by atoms with E-state index in [0.717, 1.165) is 30.6 Å². The third kappa shape index (κ3) is 4.74. The molecule has 1 aromatic heterocycles. The summed E-state index contributed by atoms with van der Waals surface area (Å²) in [5, 5.41) is 8.99. The van der Waals surface area contributed by atoms with E-state index in [1.54, 1.807) is 24.5 Å². The molecule has 6 nitrogen and oxygen atoms in total. The normalized spacial score (nSPS) is 17.0. The fraction of sp³-hybridized carbons (Fsp3) is 0.217. The smallest absolute Gasteiger partial charge is 0.240 e. The number of hydrogen-bond donors (Lipinski definition) is 1. The highest BCUT2D eigenvalue weighted by Crippen LogP contribution is 2.21. The van der Waals surface area contributed by atoms with E-state index in [-0.39, 0.29) is 10.9 Å². The van der Waals surface area contributed by atoms with E-state index in [1.165, 1.54) is 17.7 Å². The number of benzene rings is 2. The molecule has 0 bridgehead atoms. The standard InChI is InChI=1S/C23H22N4O2S/c24-15-19-2-1-3-23(14-19)30(28,29)26-22-10-13-27(17-22)16-18-4-6-20(7-5-18)21-8-11-25-12-9-21/h1-9,11-12,14,22,26H,10,13,16-17H2/t22-/m1/s1. The van der Waals surface area contributed by atoms with Crippen molar-refractivity contribution in [2.24, 2.45) is 0 Å². The third-order valence-electron chi connectivity index (χ3n) is 5.24. The Hall–Kier alpha value is -3.05. The lowest BCUT2D eigenvalue weighted by molar-refractivity contribution is 0.324. The molecule has 1 fully saturated rings. The molecule has 0 unspecified atom stereocenters. The van der Waals surface area contributed by atoms with Gasteiger partial charge in [0.2, 0.25) is 10.0 Å². The summed E-state index contributed by atoms with van der Waals surface area (Å²) in [7, 11) is -3.64. The number of nitriles is 1. The molecule has 1 aliphatic rings. The molecule has 2 heterocycles. The van der Waals surface area contributed by atoms with Crippen LogP contribution < -0.4 is 4.72 Å². The summed E-state index contributed by atoms with van der Waals surface area (Å²) in [5.41, 5.74) is 3.81. The summed E-state index contributed by atoms with van der Waals surface area (Å²) in [6.45, 7) is 2.26. The van der Waals surface area contributed by atoms with Crippen molar-refractivity contribution in [1.29, 1.82) is 5.26 Å². The third-order valence-corrected chi connectivity index (χ3v) is 6.76. The molecule has 0 spiro atoms. The van der Waals surface area contributed by atoms with Crippen LogP contribution in [0.4, 0.5) is 0 Å². The van der Waals surface area contributed by atoms with Gasteiger partial charge in [0.15, 0.2) is 0 Å². The Morgan fingerprint density at radius 1 is 1.07 bits per heavy atom. The van der Waals surface area contributed by atoms with Gasteiger partial charge in [0.1, 0.15) is 0 Å². The SMILES string of the molecule is N#Cc1cccc(S(=O)(=O)N[C@@H]2CCN(Cc3ccc(-c4ccncc4)cc3)C2)c1. The van der Waals surface area contributed by atoms with Gasteiger partial charge < -0.3 is 0 Å². The molecule has 1 N–H and O–H groups in total. The van der Waals surface area contributed by atoms with E-state index in [0.29, 0.717) is 12.1 Å². The Morgan fingerprint density at radius 2 is 1.80 bits per heavy atom. The van der Waals surface area contributed by atoms with E-state index in [9.17, 15) is 8.42 Å². The van der Waals surface area contributed by atoms with Gasteiger partial charge in [-0.3, -0.25) is 9.88 Å². The summed E-state index contributed by atoms with van der Waals surface area (Å²) in [5.74, 6) is 0. The second-order valence-electron chi connectivity index (χ2n) is 7.41. The molecular formula is C23H22N4O2S. The Labute approximate surface area is 176 Å². The fourth-order valence-corrected chi connectivity index (χ4v) is 5.01. The minimum absolute atomic E-state index is 0.131. The molecule has 30 heavy (non-hydrogen) atoms. The Morgan fingerprint density at radius 3 is 2.53 bits per heavy atom. The zero-order chi connectivity index (χ0) is 21.0. The Bertz CT molecular complexity index is 1160. The fourth-order valence-electron chi connectivity index (χ4n) is 3.70. The second kappa shape index (κ2) is 8.76. The van der Waals surface area contributed by atoms with Gasteiger partial charge in [-0.1, -0.05) is 30.3 Å². The van der Waals surface area contributed by atoms with Gasteiger partial charge in [0.05, 0.1) is 16.5 Å². The van der Waals surface area contributed by atoms with Crippen molar-refractivity contribution in [3.05, 3.63) is 84.2 Å². The summed E-state index contributed by atoms with van der Waals surface area (Å²) >= 11 is 0. The molecule has 0 saturated carbocycles. The van der Waals surface area contributed by atoms with Gasteiger partial charge in [0.25, 0.3) is 0 Å². The van der Waals surface area contributed by atoms with Crippen LogP contribution in [0.5, 0.6) is 0 Å². The minimum Gasteiger partial charge on any atom is -0.297 e. The van der Waals surface area contributed by atoms with Crippen molar-refractivity contribution in [2.45, 2.75) is 23.9 Å². The largest absolute Gasteiger partial charge is 0.297 e. The van der Waals surface area contributed by atoms with Crippen LogP contribution in [0.2, 0.25) is 0 Å². The number of nitrogens with one attached hydrogen (secondary N) is 1. The number of hydrogen-bond acceptors (Lipinski definition) is 5. The lowest BCUT2D eigenvalue weighted by Gasteiger charge is -2.17. The predicted octanol–water partition coefficient (Wildman–Crippen LogP) is 3.17. The molecule has 0 radical (unpaired) electrons. The van der Waals surface area contributed by atoms with Gasteiger partial charge in [0, 0.05) is 38.1 Å². The molecule has 7 heteroatoms. The highest BCUT2D eigenvalue weighted by Gasteiger charge is 2.27. The van der Waals surface area contributed by atoms with Crippen molar-refractivity contribution in [2.75, 3.05) is 13.1 Å². The van der Waals surface area contributed by atoms with Gasteiger partial charge in [-0.05, 0) is 53.4 Å². The zero-order valence-corrected chi connectivity index (χ0v) is 17.2. The van der Waals surface area contributed by atoms with E-state index >= 15 is 0 Å². The van der Waals surface area contributed by atoms with Crippen LogP contribution in [0.15, 0.2) is 78.0 Å². The Balaban J connectivity index is 1.36. The number of likely N-dealkylation sites (tertiary alicyclic amines) is 1. The highest BCUT2D eigenvalue weighted by molar-refractivity contribution is 7.89. The quantitative estimate of drug-likeness (QED) is 0.664. The molecular weight excluding hydrogens is 396 g/mol. The number of pyridine rings is 1. The van der Waals surface area contributed by atoms with Crippen LogP contribution in [-0.2, 0) is 16.6 Å². The van der Waals surface area contributed by atoms with Gasteiger partial charge in [-0.2, -0.15) is 5.26 Å². The first-order valence-electron chi connectivity index (χ1n) is 9.78. The van der Waals surface area contributed by atoms with Crippen molar-refractivity contribution in [3.8, 4) is 17.2 Å². The van der Waals surface area contributed by atoms with Crippen LogP contribution in [-0.4, -0.2) is 37.4 Å². The summed E-state index contributed by atoms with van der Waals surface area (Å²) in [4.78, 5) is 6.43. The van der Waals surface area contributed by atoms with Gasteiger partial charge in [-0.15, -0.1) is 0 Å². The second-order valence-corrected chi connectivity index (χ2v) is 9.13. The topological polar surface area (TPSA) is 86.1 Å². The van der Waals surface area contributed by atoms with Gasteiger partial charge in [-0.25, -0.2) is 13.1 Å². The summed E-state index contributed by atoms with van der Waals surface area (Å²) in [6.07, 6.45) is 4.32. The molecule has 1 atom stereocenters. The maximum Gasteiger partial charge on any atom is 0.240 e. The van der Waals surface area contributed by atoms with Gasteiger partial charge >= 0.3 is 0 Å². The molecule has 0 aliphatic carbocycles. The number of rotatable bonds is 6. The predicted molar refractivity (Wildman–Crippen MR) is 115 cm³/mol.